The van der Waals surface area contributed by atoms with Crippen molar-refractivity contribution in [1.82, 2.24) is 9.97 Å². The molecule has 0 N–H and O–H groups in total. The molecule has 2 aromatic carbocycles. The van der Waals surface area contributed by atoms with E-state index in [4.69, 9.17) is 9.97 Å². The molecule has 1 amide bonds. The van der Waals surface area contributed by atoms with Crippen LogP contribution in [0.15, 0.2) is 48.5 Å². The highest BCUT2D eigenvalue weighted by atomic mass is 16.2. The molecule has 2 aliphatic rings. The number of rotatable bonds is 3. The van der Waals surface area contributed by atoms with Crippen LogP contribution in [0.3, 0.4) is 0 Å². The molecule has 3 aromatic rings. The topological polar surface area (TPSA) is 72.9 Å². The van der Waals surface area contributed by atoms with E-state index in [0.29, 0.717) is 5.56 Å². The van der Waals surface area contributed by atoms with Crippen molar-refractivity contribution < 1.29 is 9.37 Å². The van der Waals surface area contributed by atoms with Crippen LogP contribution in [0.5, 0.6) is 0 Å². The molecule has 0 radical (unpaired) electrons. The third-order valence-electron chi connectivity index (χ3n) is 6.29. The number of nitrogens with zero attached hydrogens (tertiary/aromatic N) is 5. The van der Waals surface area contributed by atoms with Gasteiger partial charge in [-0.25, -0.2) is 14.8 Å². The number of amides is 1. The third-order valence-corrected chi connectivity index (χ3v) is 6.29. The summed E-state index contributed by atoms with van der Waals surface area (Å²) in [5, 5.41) is 9.35. The zero-order valence-electron chi connectivity index (χ0n) is 17.7. The molecule has 0 aliphatic carbocycles. The predicted molar refractivity (Wildman–Crippen MR) is 120 cm³/mol. The van der Waals surface area contributed by atoms with Gasteiger partial charge in [-0.15, -0.1) is 0 Å². The van der Waals surface area contributed by atoms with Gasteiger partial charge in [-0.1, -0.05) is 24.3 Å². The van der Waals surface area contributed by atoms with Crippen LogP contribution in [0.1, 0.15) is 32.3 Å². The van der Waals surface area contributed by atoms with Crippen molar-refractivity contribution >= 4 is 29.0 Å². The molecule has 5 rings (SSSR count). The number of benzene rings is 2. The first-order valence-electron chi connectivity index (χ1n) is 10.6. The Labute approximate surface area is 181 Å². The van der Waals surface area contributed by atoms with Crippen molar-refractivity contribution in [1.29, 1.82) is 5.26 Å². The Morgan fingerprint density at radius 3 is 2.61 bits per heavy atom. The fraction of sp³-hybridized carbons (Fsp3) is 0.320. The standard InChI is InChI=1S/C25H24N5O/c1-25(2)11-13-30(24(25)31)19-10-12-29(16-19)23-22(18-7-5-6-17(14-18)15-26)27-20-8-3-4-9-21(20)28-23/h3-9,13-14,19H,10-12,16H2,1-2H3/q+1. The molecule has 0 saturated carbocycles. The quantitative estimate of drug-likeness (QED) is 0.615. The van der Waals surface area contributed by atoms with Gasteiger partial charge in [-0.3, -0.25) is 0 Å². The molecule has 6 heteroatoms. The van der Waals surface area contributed by atoms with Crippen molar-refractivity contribution in [2.45, 2.75) is 32.7 Å². The lowest BCUT2D eigenvalue weighted by Crippen LogP contribution is -2.36. The summed E-state index contributed by atoms with van der Waals surface area (Å²) in [7, 11) is 0. The van der Waals surface area contributed by atoms with E-state index in [1.165, 1.54) is 0 Å². The van der Waals surface area contributed by atoms with Crippen LogP contribution in [0.4, 0.5) is 5.82 Å². The van der Waals surface area contributed by atoms with Crippen LogP contribution in [0, 0.1) is 16.7 Å². The fourth-order valence-electron chi connectivity index (χ4n) is 4.46. The van der Waals surface area contributed by atoms with Gasteiger partial charge in [-0.2, -0.15) is 9.84 Å². The van der Waals surface area contributed by atoms with E-state index in [0.717, 1.165) is 54.0 Å². The molecule has 0 spiro atoms. The molecule has 31 heavy (non-hydrogen) atoms. The number of nitriles is 1. The highest BCUT2D eigenvalue weighted by Crippen LogP contribution is 2.34. The summed E-state index contributed by atoms with van der Waals surface area (Å²) in [5.74, 6) is 1.01. The zero-order chi connectivity index (χ0) is 21.6. The molecule has 0 bridgehead atoms. The van der Waals surface area contributed by atoms with Crippen molar-refractivity contribution in [3.05, 3.63) is 54.1 Å². The zero-order valence-corrected chi connectivity index (χ0v) is 17.7. The molecular formula is C25H24N5O+. The normalized spacial score (nSPS) is 20.2. The average molecular weight is 411 g/mol. The second kappa shape index (κ2) is 7.28. The summed E-state index contributed by atoms with van der Waals surface area (Å²) in [5.41, 5.74) is 3.58. The van der Waals surface area contributed by atoms with Crippen LogP contribution >= 0.6 is 0 Å². The Kier molecular flexibility index (Phi) is 4.55. The van der Waals surface area contributed by atoms with Crippen LogP contribution in [-0.4, -0.2) is 45.8 Å². The van der Waals surface area contributed by atoms with Gasteiger partial charge in [0.15, 0.2) is 11.9 Å². The van der Waals surface area contributed by atoms with Gasteiger partial charge in [0, 0.05) is 24.9 Å². The SMILES string of the molecule is CC1(C)CC=[N+](C2CCN(c3nc4ccccc4nc3-c3cccc(C#N)c3)C2)C1=O. The summed E-state index contributed by atoms with van der Waals surface area (Å²) in [6.45, 7) is 5.54. The number of carbonyl (C=O) groups excluding carboxylic acids is 1. The van der Waals surface area contributed by atoms with E-state index in [1.54, 1.807) is 6.07 Å². The molecule has 2 aliphatic heterocycles. The van der Waals surface area contributed by atoms with E-state index in [-0.39, 0.29) is 17.4 Å². The molecule has 1 saturated heterocycles. The van der Waals surface area contributed by atoms with Crippen molar-refractivity contribution in [3.63, 3.8) is 0 Å². The number of carbonyl (C=O) groups is 1. The lowest BCUT2D eigenvalue weighted by Gasteiger charge is -2.20. The second-order valence-corrected chi connectivity index (χ2v) is 8.95. The highest BCUT2D eigenvalue weighted by Gasteiger charge is 2.47. The van der Waals surface area contributed by atoms with Gasteiger partial charge in [0.05, 0.1) is 34.6 Å². The van der Waals surface area contributed by atoms with Gasteiger partial charge >= 0.3 is 5.91 Å². The van der Waals surface area contributed by atoms with Crippen LogP contribution in [-0.2, 0) is 4.79 Å². The van der Waals surface area contributed by atoms with E-state index in [9.17, 15) is 10.1 Å². The van der Waals surface area contributed by atoms with Gasteiger partial charge in [0.1, 0.15) is 11.9 Å². The summed E-state index contributed by atoms with van der Waals surface area (Å²) in [6, 6.07) is 17.7. The van der Waals surface area contributed by atoms with Gasteiger partial charge in [0.25, 0.3) is 0 Å². The maximum absolute atomic E-state index is 12.8. The lowest BCUT2D eigenvalue weighted by molar-refractivity contribution is -0.478. The maximum Gasteiger partial charge on any atom is 0.393 e. The number of fused-ring (bicyclic) bond motifs is 1. The number of para-hydroxylation sites is 2. The second-order valence-electron chi connectivity index (χ2n) is 8.95. The number of anilines is 1. The van der Waals surface area contributed by atoms with Crippen molar-refractivity contribution in [2.75, 3.05) is 18.0 Å². The van der Waals surface area contributed by atoms with Gasteiger partial charge < -0.3 is 4.90 Å². The summed E-state index contributed by atoms with van der Waals surface area (Å²) < 4.78 is 1.93. The van der Waals surface area contributed by atoms with Crippen molar-refractivity contribution in [3.8, 4) is 17.3 Å². The molecule has 1 fully saturated rings. The van der Waals surface area contributed by atoms with Gasteiger partial charge in [-0.05, 0) is 38.1 Å². The van der Waals surface area contributed by atoms with E-state index < -0.39 is 0 Å². The third kappa shape index (κ3) is 3.36. The first kappa shape index (κ1) is 19.4. The Balaban J connectivity index is 1.55. The van der Waals surface area contributed by atoms with E-state index in [2.05, 4.69) is 17.2 Å². The Bertz CT molecular complexity index is 1270. The highest BCUT2D eigenvalue weighted by molar-refractivity contribution is 5.86. The minimum absolute atomic E-state index is 0.140. The number of hydrogen-bond acceptors (Lipinski definition) is 5. The number of hydrogen-bond donors (Lipinski definition) is 0. The van der Waals surface area contributed by atoms with Crippen molar-refractivity contribution in [2.24, 2.45) is 5.41 Å². The van der Waals surface area contributed by atoms with Crippen LogP contribution < -0.4 is 4.90 Å². The lowest BCUT2D eigenvalue weighted by atomic mass is 9.91. The minimum Gasteiger partial charge on any atom is -0.348 e. The predicted octanol–water partition coefficient (Wildman–Crippen LogP) is 3.79. The maximum atomic E-state index is 12.8. The molecular weight excluding hydrogens is 386 g/mol. The monoisotopic (exact) mass is 410 g/mol. The molecule has 1 aromatic heterocycles. The number of aromatic nitrogens is 2. The van der Waals surface area contributed by atoms with E-state index >= 15 is 0 Å². The Morgan fingerprint density at radius 2 is 1.90 bits per heavy atom. The summed E-state index contributed by atoms with van der Waals surface area (Å²) in [6.07, 6.45) is 3.73. The molecule has 1 atom stereocenters. The minimum atomic E-state index is -0.320. The fourth-order valence-corrected chi connectivity index (χ4v) is 4.46. The summed E-state index contributed by atoms with van der Waals surface area (Å²) in [4.78, 5) is 24.9. The smallest absolute Gasteiger partial charge is 0.348 e. The van der Waals surface area contributed by atoms with Crippen LogP contribution in [0.2, 0.25) is 0 Å². The first-order chi connectivity index (χ1) is 15.0. The Hall–Kier alpha value is -3.59. The molecule has 1 unspecified atom stereocenters. The molecule has 6 nitrogen and oxygen atoms in total. The average Bonchev–Trinajstić information content (AvgIpc) is 3.37. The van der Waals surface area contributed by atoms with Gasteiger partial charge in [0.2, 0.25) is 0 Å². The summed E-state index contributed by atoms with van der Waals surface area (Å²) >= 11 is 0. The Morgan fingerprint density at radius 1 is 1.13 bits per heavy atom. The first-order valence-corrected chi connectivity index (χ1v) is 10.6. The van der Waals surface area contributed by atoms with Crippen LogP contribution in [0.25, 0.3) is 22.3 Å². The van der Waals surface area contributed by atoms with E-state index in [1.807, 2.05) is 60.9 Å². The molecule has 154 valence electrons. The molecule has 3 heterocycles. The largest absolute Gasteiger partial charge is 0.393 e.